The highest BCUT2D eigenvalue weighted by molar-refractivity contribution is 9.10. The summed E-state index contributed by atoms with van der Waals surface area (Å²) in [5.74, 6) is -1.10. The van der Waals surface area contributed by atoms with E-state index >= 15 is 0 Å². The first-order valence-corrected chi connectivity index (χ1v) is 5.32. The van der Waals surface area contributed by atoms with Gasteiger partial charge < -0.3 is 5.32 Å². The number of hydrogen-bond acceptors (Lipinski definition) is 1. The summed E-state index contributed by atoms with van der Waals surface area (Å²) >= 11 is 3.03. The lowest BCUT2D eigenvalue weighted by atomic mass is 10.0. The summed E-state index contributed by atoms with van der Waals surface area (Å²) in [6, 6.07) is 2.21. The molecule has 0 bridgehead atoms. The van der Waals surface area contributed by atoms with Crippen molar-refractivity contribution in [2.75, 3.05) is 7.05 Å². The van der Waals surface area contributed by atoms with E-state index in [1.54, 1.807) is 13.1 Å². The van der Waals surface area contributed by atoms with Crippen molar-refractivity contribution in [1.29, 1.82) is 0 Å². The van der Waals surface area contributed by atoms with E-state index in [1.807, 2.05) is 0 Å². The van der Waals surface area contributed by atoms with Gasteiger partial charge in [-0.15, -0.1) is 6.58 Å². The highest BCUT2D eigenvalue weighted by Gasteiger charge is 2.19. The number of rotatable bonds is 4. The van der Waals surface area contributed by atoms with Gasteiger partial charge >= 0.3 is 0 Å². The van der Waals surface area contributed by atoms with Crippen molar-refractivity contribution in [3.8, 4) is 0 Å². The van der Waals surface area contributed by atoms with E-state index in [9.17, 15) is 8.78 Å². The van der Waals surface area contributed by atoms with E-state index in [4.69, 9.17) is 0 Å². The van der Waals surface area contributed by atoms with E-state index in [1.165, 1.54) is 12.1 Å². The zero-order valence-electron chi connectivity index (χ0n) is 8.36. The van der Waals surface area contributed by atoms with Gasteiger partial charge in [-0.3, -0.25) is 0 Å². The molecule has 0 saturated carbocycles. The summed E-state index contributed by atoms with van der Waals surface area (Å²) in [6.07, 6.45) is 2.10. The number of hydrogen-bond donors (Lipinski definition) is 1. The van der Waals surface area contributed by atoms with Gasteiger partial charge in [0.05, 0.1) is 4.47 Å². The Bertz CT molecular complexity index is 366. The van der Waals surface area contributed by atoms with Gasteiger partial charge in [0.15, 0.2) is 0 Å². The highest BCUT2D eigenvalue weighted by atomic mass is 79.9. The predicted molar refractivity (Wildman–Crippen MR) is 60.7 cm³/mol. The van der Waals surface area contributed by atoms with Gasteiger partial charge in [0.25, 0.3) is 0 Å². The maximum absolute atomic E-state index is 13.7. The monoisotopic (exact) mass is 275 g/mol. The topological polar surface area (TPSA) is 12.0 Å². The lowest BCUT2D eigenvalue weighted by Gasteiger charge is -2.16. The van der Waals surface area contributed by atoms with Crippen LogP contribution in [0.25, 0.3) is 0 Å². The molecule has 1 rings (SSSR count). The summed E-state index contributed by atoms with van der Waals surface area (Å²) < 4.78 is 27.4. The van der Waals surface area contributed by atoms with Gasteiger partial charge in [0, 0.05) is 11.6 Å². The third kappa shape index (κ3) is 2.63. The normalized spacial score (nSPS) is 12.5. The van der Waals surface area contributed by atoms with Crippen LogP contribution in [0.1, 0.15) is 18.0 Å². The molecule has 0 aliphatic rings. The minimum atomic E-state index is -0.559. The van der Waals surface area contributed by atoms with Gasteiger partial charge in [-0.1, -0.05) is 6.08 Å². The Kier molecular flexibility index (Phi) is 4.42. The molecule has 1 aromatic carbocycles. The van der Waals surface area contributed by atoms with E-state index < -0.39 is 11.6 Å². The molecule has 0 aliphatic carbocycles. The predicted octanol–water partition coefficient (Wildman–Crippen LogP) is 3.56. The molecule has 1 atom stereocenters. The molecule has 0 spiro atoms. The average molecular weight is 276 g/mol. The van der Waals surface area contributed by atoms with Gasteiger partial charge in [0.1, 0.15) is 11.6 Å². The molecule has 0 aliphatic heterocycles. The van der Waals surface area contributed by atoms with Gasteiger partial charge in [0.2, 0.25) is 0 Å². The lowest BCUT2D eigenvalue weighted by molar-refractivity contribution is 0.491. The van der Waals surface area contributed by atoms with E-state index in [2.05, 4.69) is 27.8 Å². The minimum Gasteiger partial charge on any atom is -0.313 e. The average Bonchev–Trinajstić information content (AvgIpc) is 2.22. The first-order valence-electron chi connectivity index (χ1n) is 4.53. The standard InChI is InChI=1S/C11H12BrF2N/c1-3-4-9(15-2)10-8(13)6-5-7(12)11(10)14/h3,5-6,9,15H,1,4H2,2H3. The molecule has 4 heteroatoms. The minimum absolute atomic E-state index is 0.0479. The second-order valence-corrected chi connectivity index (χ2v) is 3.98. The fourth-order valence-electron chi connectivity index (χ4n) is 1.41. The second-order valence-electron chi connectivity index (χ2n) is 3.12. The van der Waals surface area contributed by atoms with Crippen molar-refractivity contribution in [2.24, 2.45) is 0 Å². The van der Waals surface area contributed by atoms with Crippen molar-refractivity contribution < 1.29 is 8.78 Å². The molecule has 1 unspecified atom stereocenters. The summed E-state index contributed by atoms with van der Waals surface area (Å²) in [5.41, 5.74) is 0.0479. The smallest absolute Gasteiger partial charge is 0.145 e. The largest absolute Gasteiger partial charge is 0.313 e. The molecule has 0 fully saturated rings. The fourth-order valence-corrected chi connectivity index (χ4v) is 1.75. The molecule has 0 radical (unpaired) electrons. The fraction of sp³-hybridized carbons (Fsp3) is 0.273. The molecule has 1 N–H and O–H groups in total. The zero-order valence-corrected chi connectivity index (χ0v) is 9.94. The number of nitrogens with one attached hydrogen (secondary N) is 1. The zero-order chi connectivity index (χ0) is 11.4. The number of benzene rings is 1. The van der Waals surface area contributed by atoms with E-state index in [-0.39, 0.29) is 16.1 Å². The molecular weight excluding hydrogens is 264 g/mol. The Labute approximate surface area is 96.3 Å². The Morgan fingerprint density at radius 1 is 1.53 bits per heavy atom. The first-order chi connectivity index (χ1) is 7.11. The van der Waals surface area contributed by atoms with Crippen molar-refractivity contribution >= 4 is 15.9 Å². The van der Waals surface area contributed by atoms with E-state index in [0.717, 1.165) is 0 Å². The van der Waals surface area contributed by atoms with Gasteiger partial charge in [-0.2, -0.15) is 0 Å². The van der Waals surface area contributed by atoms with Crippen LogP contribution in [0.4, 0.5) is 8.78 Å². The quantitative estimate of drug-likeness (QED) is 0.655. The maximum Gasteiger partial charge on any atom is 0.145 e. The Morgan fingerprint density at radius 3 is 2.73 bits per heavy atom. The van der Waals surface area contributed by atoms with Crippen LogP contribution in [-0.2, 0) is 0 Å². The first kappa shape index (κ1) is 12.3. The Hall–Kier alpha value is -0.740. The van der Waals surface area contributed by atoms with Crippen LogP contribution < -0.4 is 5.32 Å². The summed E-state index contributed by atoms with van der Waals surface area (Å²) in [7, 11) is 1.66. The second kappa shape index (κ2) is 5.37. The van der Waals surface area contributed by atoms with Crippen LogP contribution in [0.5, 0.6) is 0 Å². The molecule has 0 saturated heterocycles. The van der Waals surface area contributed by atoms with Crippen molar-refractivity contribution in [3.63, 3.8) is 0 Å². The van der Waals surface area contributed by atoms with Gasteiger partial charge in [-0.25, -0.2) is 8.78 Å². The van der Waals surface area contributed by atoms with Gasteiger partial charge in [-0.05, 0) is 41.5 Å². The summed E-state index contributed by atoms with van der Waals surface area (Å²) in [4.78, 5) is 0. The SMILES string of the molecule is C=CCC(NC)c1c(F)ccc(Br)c1F. The van der Waals surface area contributed by atoms with Crippen molar-refractivity contribution in [3.05, 3.63) is 46.5 Å². The molecule has 0 amide bonds. The van der Waals surface area contributed by atoms with Crippen LogP contribution in [0, 0.1) is 11.6 Å². The molecule has 1 nitrogen and oxygen atoms in total. The molecule has 15 heavy (non-hydrogen) atoms. The third-order valence-electron chi connectivity index (χ3n) is 2.18. The summed E-state index contributed by atoms with van der Waals surface area (Å²) in [6.45, 7) is 3.56. The maximum atomic E-state index is 13.7. The van der Waals surface area contributed by atoms with Crippen LogP contribution in [-0.4, -0.2) is 7.05 Å². The Morgan fingerprint density at radius 2 is 2.20 bits per heavy atom. The van der Waals surface area contributed by atoms with Crippen LogP contribution >= 0.6 is 15.9 Å². The molecular formula is C11H12BrF2N. The van der Waals surface area contributed by atoms with Crippen LogP contribution in [0.15, 0.2) is 29.3 Å². The van der Waals surface area contributed by atoms with Crippen LogP contribution in [0.3, 0.4) is 0 Å². The van der Waals surface area contributed by atoms with Crippen molar-refractivity contribution in [1.82, 2.24) is 5.32 Å². The molecule has 0 heterocycles. The van der Waals surface area contributed by atoms with Crippen molar-refractivity contribution in [2.45, 2.75) is 12.5 Å². The molecule has 0 aromatic heterocycles. The number of halogens is 3. The third-order valence-corrected chi connectivity index (χ3v) is 2.79. The highest BCUT2D eigenvalue weighted by Crippen LogP contribution is 2.28. The molecule has 82 valence electrons. The van der Waals surface area contributed by atoms with E-state index in [0.29, 0.717) is 6.42 Å². The lowest BCUT2D eigenvalue weighted by Crippen LogP contribution is -2.18. The summed E-state index contributed by atoms with van der Waals surface area (Å²) in [5, 5.41) is 2.86. The van der Waals surface area contributed by atoms with Crippen LogP contribution in [0.2, 0.25) is 0 Å². The Balaban J connectivity index is 3.20. The molecule has 1 aromatic rings.